The molecule has 0 aliphatic heterocycles. The van der Waals surface area contributed by atoms with E-state index in [4.69, 9.17) is 14.2 Å². The molecule has 3 rings (SSSR count). The molecule has 0 radical (unpaired) electrons. The molecule has 0 aliphatic carbocycles. The molecule has 0 aliphatic rings. The Morgan fingerprint density at radius 2 is 1.79 bits per heavy atom. The standard InChI is InChI=1S/C21H23N3O5/c1-5-13(2)29-19-17(27-3)10-14(11-18(19)28-4)12-22-24-20(25)15-8-6-7-9-16(15)23-21(24)26/h6-13H,5H2,1-4H3,(H,23,26)/t13-/m0/s1. The zero-order valence-electron chi connectivity index (χ0n) is 16.8. The normalized spacial score (nSPS) is 12.3. The van der Waals surface area contributed by atoms with Crippen LogP contribution in [-0.4, -0.2) is 36.2 Å². The summed E-state index contributed by atoms with van der Waals surface area (Å²) in [6.45, 7) is 3.97. The molecule has 0 saturated heterocycles. The van der Waals surface area contributed by atoms with Crippen LogP contribution in [-0.2, 0) is 0 Å². The van der Waals surface area contributed by atoms with Crippen LogP contribution < -0.4 is 25.5 Å². The van der Waals surface area contributed by atoms with Gasteiger partial charge in [-0.2, -0.15) is 5.10 Å². The van der Waals surface area contributed by atoms with Crippen molar-refractivity contribution in [2.24, 2.45) is 5.10 Å². The summed E-state index contributed by atoms with van der Waals surface area (Å²) < 4.78 is 17.5. The van der Waals surface area contributed by atoms with Crippen molar-refractivity contribution in [1.29, 1.82) is 0 Å². The molecular formula is C21H23N3O5. The van der Waals surface area contributed by atoms with Crippen LogP contribution >= 0.6 is 0 Å². The van der Waals surface area contributed by atoms with Crippen LogP contribution in [0.2, 0.25) is 0 Å². The lowest BCUT2D eigenvalue weighted by Crippen LogP contribution is -2.32. The second kappa shape index (κ2) is 8.64. The summed E-state index contributed by atoms with van der Waals surface area (Å²) in [6, 6.07) is 10.2. The number of aromatic nitrogens is 2. The van der Waals surface area contributed by atoms with Crippen molar-refractivity contribution in [3.63, 3.8) is 0 Å². The van der Waals surface area contributed by atoms with Gasteiger partial charge >= 0.3 is 5.69 Å². The van der Waals surface area contributed by atoms with Gasteiger partial charge in [0.1, 0.15) is 0 Å². The van der Waals surface area contributed by atoms with E-state index >= 15 is 0 Å². The Hall–Kier alpha value is -3.55. The number of methoxy groups -OCH3 is 2. The number of ether oxygens (including phenoxy) is 3. The van der Waals surface area contributed by atoms with Gasteiger partial charge in [0.15, 0.2) is 11.5 Å². The Balaban J connectivity index is 2.04. The van der Waals surface area contributed by atoms with Crippen LogP contribution in [0.1, 0.15) is 25.8 Å². The molecule has 1 N–H and O–H groups in total. The van der Waals surface area contributed by atoms with Crippen molar-refractivity contribution >= 4 is 17.1 Å². The van der Waals surface area contributed by atoms with Gasteiger partial charge in [0.2, 0.25) is 5.75 Å². The van der Waals surface area contributed by atoms with Crippen LogP contribution in [0.4, 0.5) is 0 Å². The molecular weight excluding hydrogens is 374 g/mol. The molecule has 0 saturated carbocycles. The number of fused-ring (bicyclic) bond motifs is 1. The maximum absolute atomic E-state index is 12.6. The van der Waals surface area contributed by atoms with Gasteiger partial charge in [-0.15, -0.1) is 4.68 Å². The van der Waals surface area contributed by atoms with Gasteiger partial charge in [-0.3, -0.25) is 4.79 Å². The topological polar surface area (TPSA) is 94.9 Å². The van der Waals surface area contributed by atoms with Crippen LogP contribution in [0.5, 0.6) is 17.2 Å². The fourth-order valence-corrected chi connectivity index (χ4v) is 2.76. The molecule has 1 atom stereocenters. The average molecular weight is 397 g/mol. The van der Waals surface area contributed by atoms with Crippen LogP contribution in [0.15, 0.2) is 51.1 Å². The third kappa shape index (κ3) is 4.16. The second-order valence-electron chi connectivity index (χ2n) is 6.43. The van der Waals surface area contributed by atoms with Crippen molar-refractivity contribution in [2.45, 2.75) is 26.4 Å². The number of nitrogens with zero attached hydrogens (tertiary/aromatic N) is 2. The lowest BCUT2D eigenvalue weighted by Gasteiger charge is -2.18. The van der Waals surface area contributed by atoms with Crippen LogP contribution in [0.25, 0.3) is 10.9 Å². The SMILES string of the molecule is CC[C@H](C)Oc1c(OC)cc(C=Nn2c(=O)[nH]c3ccccc3c2=O)cc1OC. The van der Waals surface area contributed by atoms with Crippen molar-refractivity contribution < 1.29 is 14.2 Å². The lowest BCUT2D eigenvalue weighted by molar-refractivity contribution is 0.198. The molecule has 29 heavy (non-hydrogen) atoms. The zero-order valence-corrected chi connectivity index (χ0v) is 16.8. The minimum absolute atomic E-state index is 0.0212. The van der Waals surface area contributed by atoms with E-state index in [0.717, 1.165) is 11.1 Å². The summed E-state index contributed by atoms with van der Waals surface area (Å²) in [4.78, 5) is 27.5. The monoisotopic (exact) mass is 397 g/mol. The number of para-hydroxylation sites is 1. The second-order valence-corrected chi connectivity index (χ2v) is 6.43. The van der Waals surface area contributed by atoms with E-state index in [-0.39, 0.29) is 6.10 Å². The maximum Gasteiger partial charge on any atom is 0.349 e. The maximum atomic E-state index is 12.6. The molecule has 0 unspecified atom stereocenters. The van der Waals surface area contributed by atoms with Gasteiger partial charge in [-0.25, -0.2) is 4.79 Å². The first-order valence-corrected chi connectivity index (χ1v) is 9.19. The fourth-order valence-electron chi connectivity index (χ4n) is 2.76. The highest BCUT2D eigenvalue weighted by Crippen LogP contribution is 2.39. The zero-order chi connectivity index (χ0) is 21.0. The molecule has 8 heteroatoms. The van der Waals surface area contributed by atoms with Gasteiger partial charge in [0.05, 0.1) is 37.4 Å². The Morgan fingerprint density at radius 1 is 1.14 bits per heavy atom. The minimum atomic E-state index is -0.624. The number of H-pyrrole nitrogens is 1. The van der Waals surface area contributed by atoms with E-state index < -0.39 is 11.2 Å². The van der Waals surface area contributed by atoms with Gasteiger partial charge in [0, 0.05) is 5.56 Å². The van der Waals surface area contributed by atoms with E-state index in [1.165, 1.54) is 20.4 Å². The molecule has 152 valence electrons. The number of hydrogen-bond donors (Lipinski definition) is 1. The van der Waals surface area contributed by atoms with Crippen molar-refractivity contribution in [1.82, 2.24) is 9.66 Å². The number of nitrogens with one attached hydrogen (secondary N) is 1. The highest BCUT2D eigenvalue weighted by atomic mass is 16.5. The van der Waals surface area contributed by atoms with E-state index in [2.05, 4.69) is 10.1 Å². The fraction of sp³-hybridized carbons (Fsp3) is 0.286. The summed E-state index contributed by atoms with van der Waals surface area (Å²) >= 11 is 0. The van der Waals surface area contributed by atoms with Crippen LogP contribution in [0.3, 0.4) is 0 Å². The Kier molecular flexibility index (Phi) is 6.01. The predicted molar refractivity (Wildman–Crippen MR) is 112 cm³/mol. The summed E-state index contributed by atoms with van der Waals surface area (Å²) in [7, 11) is 3.05. The van der Waals surface area contributed by atoms with Gasteiger partial charge in [-0.1, -0.05) is 19.1 Å². The quantitative estimate of drug-likeness (QED) is 0.619. The molecule has 1 heterocycles. The van der Waals surface area contributed by atoms with Crippen molar-refractivity contribution in [3.8, 4) is 17.2 Å². The first-order valence-electron chi connectivity index (χ1n) is 9.19. The molecule has 0 amide bonds. The van der Waals surface area contributed by atoms with Crippen molar-refractivity contribution in [2.75, 3.05) is 14.2 Å². The smallest absolute Gasteiger partial charge is 0.349 e. The summed E-state index contributed by atoms with van der Waals surface area (Å²) in [6.07, 6.45) is 2.19. The highest BCUT2D eigenvalue weighted by molar-refractivity contribution is 5.82. The Morgan fingerprint density at radius 3 is 2.41 bits per heavy atom. The molecule has 0 bridgehead atoms. The minimum Gasteiger partial charge on any atom is -0.493 e. The average Bonchev–Trinajstić information content (AvgIpc) is 2.73. The summed E-state index contributed by atoms with van der Waals surface area (Å²) in [5, 5.41) is 4.44. The third-order valence-electron chi connectivity index (χ3n) is 4.48. The summed E-state index contributed by atoms with van der Waals surface area (Å²) in [5.74, 6) is 1.42. The highest BCUT2D eigenvalue weighted by Gasteiger charge is 2.16. The molecule has 8 nitrogen and oxygen atoms in total. The molecule has 1 aromatic heterocycles. The van der Waals surface area contributed by atoms with E-state index in [9.17, 15) is 9.59 Å². The first kappa shape index (κ1) is 20.2. The van der Waals surface area contributed by atoms with E-state index in [1.54, 1.807) is 36.4 Å². The van der Waals surface area contributed by atoms with Gasteiger partial charge in [-0.05, 0) is 37.6 Å². The Bertz CT molecular complexity index is 1140. The van der Waals surface area contributed by atoms with Crippen molar-refractivity contribution in [3.05, 3.63) is 62.8 Å². The van der Waals surface area contributed by atoms with E-state index in [0.29, 0.717) is 33.7 Å². The number of rotatable bonds is 7. The number of aromatic amines is 1. The van der Waals surface area contributed by atoms with Gasteiger partial charge in [0.25, 0.3) is 5.56 Å². The largest absolute Gasteiger partial charge is 0.493 e. The molecule has 0 spiro atoms. The first-order chi connectivity index (χ1) is 14.0. The molecule has 0 fully saturated rings. The van der Waals surface area contributed by atoms with E-state index in [1.807, 2.05) is 13.8 Å². The Labute approximate surface area is 167 Å². The third-order valence-corrected chi connectivity index (χ3v) is 4.48. The summed E-state index contributed by atoms with van der Waals surface area (Å²) in [5.41, 5.74) is -0.0876. The predicted octanol–water partition coefficient (Wildman–Crippen LogP) is 2.77. The van der Waals surface area contributed by atoms with Gasteiger partial charge < -0.3 is 19.2 Å². The molecule has 2 aromatic carbocycles. The number of benzene rings is 2. The molecule has 3 aromatic rings. The van der Waals surface area contributed by atoms with Crippen LogP contribution in [0, 0.1) is 0 Å². The number of hydrogen-bond acceptors (Lipinski definition) is 6. The lowest BCUT2D eigenvalue weighted by atomic mass is 10.2.